The molecule has 3 heterocycles. The molecule has 6 rings (SSSR count). The van der Waals surface area contributed by atoms with Crippen molar-refractivity contribution in [3.8, 4) is 11.5 Å². The monoisotopic (exact) mass is 433 g/mol. The molecular formula is C26H27NO5. The van der Waals surface area contributed by atoms with Crippen molar-refractivity contribution in [1.29, 1.82) is 0 Å². The third-order valence-electron chi connectivity index (χ3n) is 7.20. The second kappa shape index (κ2) is 7.94. The summed E-state index contributed by atoms with van der Waals surface area (Å²) in [6.45, 7) is 2.01. The van der Waals surface area contributed by atoms with Crippen molar-refractivity contribution in [2.45, 2.75) is 56.4 Å². The van der Waals surface area contributed by atoms with Gasteiger partial charge in [-0.25, -0.2) is 0 Å². The number of hydrogen-bond acceptors (Lipinski definition) is 6. The van der Waals surface area contributed by atoms with E-state index in [2.05, 4.69) is 23.1 Å². The van der Waals surface area contributed by atoms with Crippen LogP contribution >= 0.6 is 0 Å². The van der Waals surface area contributed by atoms with E-state index in [-0.39, 0.29) is 24.7 Å². The van der Waals surface area contributed by atoms with Crippen LogP contribution in [0.15, 0.2) is 54.1 Å². The number of hydrogen-bond donors (Lipinski definition) is 1. The Balaban J connectivity index is 1.24. The second-order valence-corrected chi connectivity index (χ2v) is 9.12. The summed E-state index contributed by atoms with van der Waals surface area (Å²) in [6.07, 6.45) is 3.34. The third kappa shape index (κ3) is 3.38. The molecule has 0 amide bonds. The first-order valence-electron chi connectivity index (χ1n) is 11.5. The number of aliphatic hydroxyl groups excluding tert-OH is 1. The molecule has 2 aromatic carbocycles. The standard InChI is InChI=1S/C26H27NO5/c28-20-11-17-9-10-27-14-18-12-21-22(31-15-30-21)13-19(18)24(25(17)27)26(20)32-23(29)8-4-7-16-5-2-1-3-6-16/h1-3,5-6,11-13,20,24-26,28H,4,7-10,14-15H2. The van der Waals surface area contributed by atoms with Crippen LogP contribution in [-0.2, 0) is 22.5 Å². The average molecular weight is 434 g/mol. The van der Waals surface area contributed by atoms with Gasteiger partial charge in [-0.2, -0.15) is 0 Å². The van der Waals surface area contributed by atoms with Gasteiger partial charge < -0.3 is 19.3 Å². The van der Waals surface area contributed by atoms with Crippen LogP contribution in [0.3, 0.4) is 0 Å². The fraction of sp³-hybridized carbons (Fsp3) is 0.423. The van der Waals surface area contributed by atoms with Crippen LogP contribution in [0.5, 0.6) is 11.5 Å². The minimum Gasteiger partial charge on any atom is -0.459 e. The topological polar surface area (TPSA) is 68.2 Å². The van der Waals surface area contributed by atoms with E-state index >= 15 is 0 Å². The Morgan fingerprint density at radius 3 is 2.81 bits per heavy atom. The van der Waals surface area contributed by atoms with Crippen LogP contribution in [-0.4, -0.2) is 47.6 Å². The molecule has 0 saturated carbocycles. The molecule has 4 unspecified atom stereocenters. The predicted octanol–water partition coefficient (Wildman–Crippen LogP) is 3.32. The number of aliphatic hydroxyl groups is 1. The van der Waals surface area contributed by atoms with Crippen molar-refractivity contribution < 1.29 is 24.1 Å². The molecule has 1 fully saturated rings. The summed E-state index contributed by atoms with van der Waals surface area (Å²) in [5, 5.41) is 11.0. The average Bonchev–Trinajstić information content (AvgIpc) is 3.42. The lowest BCUT2D eigenvalue weighted by atomic mass is 9.73. The van der Waals surface area contributed by atoms with Gasteiger partial charge in [0.2, 0.25) is 6.79 Å². The molecule has 2 aromatic rings. The summed E-state index contributed by atoms with van der Waals surface area (Å²) in [5.74, 6) is 1.14. The van der Waals surface area contributed by atoms with Crippen LogP contribution in [0, 0.1) is 0 Å². The zero-order valence-electron chi connectivity index (χ0n) is 17.9. The number of rotatable bonds is 5. The molecule has 0 spiro atoms. The summed E-state index contributed by atoms with van der Waals surface area (Å²) < 4.78 is 17.2. The quantitative estimate of drug-likeness (QED) is 0.576. The van der Waals surface area contributed by atoms with Crippen molar-refractivity contribution in [2.75, 3.05) is 13.3 Å². The molecule has 32 heavy (non-hydrogen) atoms. The van der Waals surface area contributed by atoms with Gasteiger partial charge in [0.15, 0.2) is 11.5 Å². The summed E-state index contributed by atoms with van der Waals surface area (Å²) in [6, 6.07) is 14.4. The second-order valence-electron chi connectivity index (χ2n) is 9.12. The first-order chi connectivity index (χ1) is 15.7. The number of esters is 1. The number of aryl methyl sites for hydroxylation is 1. The highest BCUT2D eigenvalue weighted by molar-refractivity contribution is 5.70. The van der Waals surface area contributed by atoms with Gasteiger partial charge in [-0.1, -0.05) is 42.0 Å². The van der Waals surface area contributed by atoms with Crippen molar-refractivity contribution >= 4 is 5.97 Å². The van der Waals surface area contributed by atoms with E-state index in [0.29, 0.717) is 6.42 Å². The first-order valence-corrected chi connectivity index (χ1v) is 11.5. The lowest BCUT2D eigenvalue weighted by Gasteiger charge is -2.45. The van der Waals surface area contributed by atoms with Crippen molar-refractivity contribution in [3.63, 3.8) is 0 Å². The Hall–Kier alpha value is -2.83. The van der Waals surface area contributed by atoms with Crippen LogP contribution in [0.25, 0.3) is 0 Å². The van der Waals surface area contributed by atoms with Gasteiger partial charge in [0.1, 0.15) is 12.2 Å². The molecule has 3 aliphatic heterocycles. The van der Waals surface area contributed by atoms with Gasteiger partial charge in [-0.3, -0.25) is 9.69 Å². The highest BCUT2D eigenvalue weighted by Crippen LogP contribution is 2.50. The van der Waals surface area contributed by atoms with E-state index in [1.807, 2.05) is 30.3 Å². The van der Waals surface area contributed by atoms with Gasteiger partial charge in [0.25, 0.3) is 0 Å². The van der Waals surface area contributed by atoms with Crippen molar-refractivity contribution in [2.24, 2.45) is 0 Å². The number of carbonyl (C=O) groups is 1. The molecule has 1 saturated heterocycles. The van der Waals surface area contributed by atoms with Gasteiger partial charge in [0.05, 0.1) is 0 Å². The SMILES string of the molecule is O=C(CCCc1ccccc1)OC1C(O)C=C2CCN3Cc4cc5c(cc4C1C23)OCO5. The first kappa shape index (κ1) is 19.8. The molecule has 6 nitrogen and oxygen atoms in total. The molecule has 4 atom stereocenters. The van der Waals surface area contributed by atoms with Crippen molar-refractivity contribution in [3.05, 3.63) is 70.8 Å². The predicted molar refractivity (Wildman–Crippen MR) is 117 cm³/mol. The van der Waals surface area contributed by atoms with E-state index in [9.17, 15) is 9.90 Å². The van der Waals surface area contributed by atoms with E-state index in [1.54, 1.807) is 0 Å². The lowest BCUT2D eigenvalue weighted by molar-refractivity contribution is -0.157. The highest BCUT2D eigenvalue weighted by atomic mass is 16.7. The van der Waals surface area contributed by atoms with Crippen LogP contribution in [0.4, 0.5) is 0 Å². The summed E-state index contributed by atoms with van der Waals surface area (Å²) in [4.78, 5) is 15.2. The van der Waals surface area contributed by atoms with E-state index in [1.165, 1.54) is 11.1 Å². The summed E-state index contributed by atoms with van der Waals surface area (Å²) in [7, 11) is 0. The molecule has 1 N–H and O–H groups in total. The van der Waals surface area contributed by atoms with Gasteiger partial charge in [0, 0.05) is 31.5 Å². The van der Waals surface area contributed by atoms with Crippen LogP contribution in [0.1, 0.15) is 41.9 Å². The van der Waals surface area contributed by atoms with Crippen molar-refractivity contribution in [1.82, 2.24) is 4.90 Å². The Morgan fingerprint density at radius 1 is 1.16 bits per heavy atom. The molecule has 166 valence electrons. The number of fused-ring (bicyclic) bond motifs is 3. The fourth-order valence-corrected chi connectivity index (χ4v) is 5.77. The number of ether oxygens (including phenoxy) is 3. The number of carbonyl (C=O) groups excluding carboxylic acids is 1. The Kier molecular flexibility index (Phi) is 4.92. The molecule has 1 aliphatic carbocycles. The van der Waals surface area contributed by atoms with E-state index < -0.39 is 12.2 Å². The largest absolute Gasteiger partial charge is 0.459 e. The summed E-state index contributed by atoms with van der Waals surface area (Å²) >= 11 is 0. The maximum absolute atomic E-state index is 12.8. The maximum atomic E-state index is 12.8. The zero-order valence-corrected chi connectivity index (χ0v) is 17.9. The van der Waals surface area contributed by atoms with Gasteiger partial charge >= 0.3 is 5.97 Å². The maximum Gasteiger partial charge on any atom is 0.306 e. The Bertz CT molecular complexity index is 1070. The third-order valence-corrected chi connectivity index (χ3v) is 7.20. The Labute approximate surface area is 187 Å². The normalized spacial score (nSPS) is 27.5. The fourth-order valence-electron chi connectivity index (χ4n) is 5.77. The molecule has 6 heteroatoms. The lowest BCUT2D eigenvalue weighted by Crippen LogP contribution is -2.51. The highest BCUT2D eigenvalue weighted by Gasteiger charge is 2.50. The molecule has 0 bridgehead atoms. The molecule has 4 aliphatic rings. The van der Waals surface area contributed by atoms with E-state index in [4.69, 9.17) is 14.2 Å². The Morgan fingerprint density at radius 2 is 1.97 bits per heavy atom. The number of nitrogens with zero attached hydrogens (tertiary/aromatic N) is 1. The molecule has 0 aromatic heterocycles. The van der Waals surface area contributed by atoms with Crippen LogP contribution in [0.2, 0.25) is 0 Å². The molecular weight excluding hydrogens is 406 g/mol. The minimum atomic E-state index is -0.805. The number of benzene rings is 2. The van der Waals surface area contributed by atoms with Crippen LogP contribution < -0.4 is 9.47 Å². The summed E-state index contributed by atoms with van der Waals surface area (Å²) in [5.41, 5.74) is 4.73. The minimum absolute atomic E-state index is 0.108. The van der Waals surface area contributed by atoms with E-state index in [0.717, 1.165) is 55.0 Å². The van der Waals surface area contributed by atoms with Gasteiger partial charge in [-0.05, 0) is 48.1 Å². The zero-order chi connectivity index (χ0) is 21.7. The van der Waals surface area contributed by atoms with Gasteiger partial charge in [-0.15, -0.1) is 0 Å². The smallest absolute Gasteiger partial charge is 0.306 e. The molecule has 0 radical (unpaired) electrons.